The average molecular weight is 193 g/mol. The molecule has 1 N–H and O–H groups in total. The Morgan fingerprint density at radius 3 is 2.07 bits per heavy atom. The van der Waals surface area contributed by atoms with Crippen LogP contribution in [0.5, 0.6) is 0 Å². The topological polar surface area (TPSA) is 12.0 Å². The third kappa shape index (κ3) is 4.31. The van der Waals surface area contributed by atoms with Crippen LogP contribution in [-0.4, -0.2) is 0 Å². The molecule has 0 fully saturated rings. The van der Waals surface area contributed by atoms with Gasteiger partial charge in [0.15, 0.2) is 0 Å². The van der Waals surface area contributed by atoms with Gasteiger partial charge in [-0.1, -0.05) is 32.9 Å². The fraction of sp³-hybridized carbons (Fsp3) is 0.538. The molecule has 0 amide bonds. The van der Waals surface area contributed by atoms with E-state index < -0.39 is 0 Å². The van der Waals surface area contributed by atoms with Crippen molar-refractivity contribution in [1.82, 2.24) is 5.32 Å². The molecule has 1 nitrogen and oxygen atoms in total. The predicted octanol–water partition coefficient (Wildman–Crippen LogP) is 4.15. The molecular formula is C13H23N. The summed E-state index contributed by atoms with van der Waals surface area (Å²) in [6, 6.07) is 0. The molecule has 0 rings (SSSR count). The highest BCUT2D eigenvalue weighted by Gasteiger charge is 1.99. The van der Waals surface area contributed by atoms with Crippen LogP contribution in [0, 0.1) is 0 Å². The van der Waals surface area contributed by atoms with Crippen molar-refractivity contribution in [2.75, 3.05) is 0 Å². The maximum Gasteiger partial charge on any atom is 0.0370 e. The van der Waals surface area contributed by atoms with Crippen molar-refractivity contribution in [1.29, 1.82) is 0 Å². The van der Waals surface area contributed by atoms with E-state index >= 15 is 0 Å². The standard InChI is InChI=1S/C13H23N/c1-6-11(5)10-13(14-9-4)12(7-2)8-3/h9-10,14H,4,6-8H2,1-3,5H3/b11-10-. The third-order valence-corrected chi connectivity index (χ3v) is 2.44. The minimum atomic E-state index is 1.10. The lowest BCUT2D eigenvalue weighted by Crippen LogP contribution is -2.06. The zero-order chi connectivity index (χ0) is 11.0. The van der Waals surface area contributed by atoms with Gasteiger partial charge in [-0.25, -0.2) is 0 Å². The molecule has 0 aliphatic carbocycles. The third-order valence-electron chi connectivity index (χ3n) is 2.44. The minimum Gasteiger partial charge on any atom is -0.362 e. The first kappa shape index (κ1) is 13.0. The molecule has 1 heteroatoms. The Morgan fingerprint density at radius 2 is 1.71 bits per heavy atom. The second kappa shape index (κ2) is 7.43. The summed E-state index contributed by atoms with van der Waals surface area (Å²) in [4.78, 5) is 0. The predicted molar refractivity (Wildman–Crippen MR) is 65.0 cm³/mol. The van der Waals surface area contributed by atoms with E-state index in [0.717, 1.165) is 19.3 Å². The van der Waals surface area contributed by atoms with Gasteiger partial charge in [0.25, 0.3) is 0 Å². The SMILES string of the molecule is C=CNC(/C=C(/C)CC)=C(CC)CC. The molecule has 0 bridgehead atoms. The second-order valence-electron chi connectivity index (χ2n) is 3.42. The van der Waals surface area contributed by atoms with Crippen LogP contribution < -0.4 is 5.32 Å². The molecule has 0 aliphatic rings. The minimum absolute atomic E-state index is 1.10. The Morgan fingerprint density at radius 1 is 1.14 bits per heavy atom. The van der Waals surface area contributed by atoms with E-state index in [1.807, 2.05) is 0 Å². The molecule has 0 saturated heterocycles. The van der Waals surface area contributed by atoms with E-state index in [9.17, 15) is 0 Å². The Bertz CT molecular complexity index is 228. The van der Waals surface area contributed by atoms with Crippen molar-refractivity contribution < 1.29 is 0 Å². The number of hydrogen-bond acceptors (Lipinski definition) is 1. The van der Waals surface area contributed by atoms with Gasteiger partial charge in [0.1, 0.15) is 0 Å². The lowest BCUT2D eigenvalue weighted by molar-refractivity contribution is 0.911. The summed E-state index contributed by atoms with van der Waals surface area (Å²) in [7, 11) is 0. The van der Waals surface area contributed by atoms with Crippen LogP contribution in [0.3, 0.4) is 0 Å². The fourth-order valence-electron chi connectivity index (χ4n) is 1.34. The van der Waals surface area contributed by atoms with Crippen LogP contribution in [0.1, 0.15) is 47.0 Å². The van der Waals surface area contributed by atoms with Gasteiger partial charge in [-0.2, -0.15) is 0 Å². The first-order valence-corrected chi connectivity index (χ1v) is 5.46. The summed E-state index contributed by atoms with van der Waals surface area (Å²) in [5, 5.41) is 3.22. The molecule has 0 unspecified atom stereocenters. The summed E-state index contributed by atoms with van der Waals surface area (Å²) in [5.74, 6) is 0. The van der Waals surface area contributed by atoms with Gasteiger partial charge in [-0.3, -0.25) is 0 Å². The van der Waals surface area contributed by atoms with Crippen LogP contribution in [0.4, 0.5) is 0 Å². The summed E-state index contributed by atoms with van der Waals surface area (Å²) in [5.41, 5.74) is 4.08. The van der Waals surface area contributed by atoms with Gasteiger partial charge in [0, 0.05) is 5.70 Å². The van der Waals surface area contributed by atoms with Gasteiger partial charge < -0.3 is 5.32 Å². The first-order chi connectivity index (χ1) is 6.69. The van der Waals surface area contributed by atoms with Crippen molar-refractivity contribution in [2.45, 2.75) is 47.0 Å². The Kier molecular flexibility index (Phi) is 6.91. The van der Waals surface area contributed by atoms with Gasteiger partial charge >= 0.3 is 0 Å². The first-order valence-electron chi connectivity index (χ1n) is 5.46. The lowest BCUT2D eigenvalue weighted by atomic mass is 10.1. The number of nitrogens with one attached hydrogen (secondary N) is 1. The zero-order valence-corrected chi connectivity index (χ0v) is 9.98. The average Bonchev–Trinajstić information content (AvgIpc) is 2.19. The summed E-state index contributed by atoms with van der Waals surface area (Å²) in [6.45, 7) is 12.4. The molecule has 0 heterocycles. The molecule has 0 aliphatic heterocycles. The highest BCUT2D eigenvalue weighted by molar-refractivity contribution is 5.28. The largest absolute Gasteiger partial charge is 0.362 e. The second-order valence-corrected chi connectivity index (χ2v) is 3.42. The van der Waals surface area contributed by atoms with Gasteiger partial charge in [0.05, 0.1) is 0 Å². The smallest absolute Gasteiger partial charge is 0.0370 e. The van der Waals surface area contributed by atoms with Crippen molar-refractivity contribution in [2.24, 2.45) is 0 Å². The maximum atomic E-state index is 3.71. The fourth-order valence-corrected chi connectivity index (χ4v) is 1.34. The molecule has 80 valence electrons. The summed E-state index contributed by atoms with van der Waals surface area (Å²) >= 11 is 0. The van der Waals surface area contributed by atoms with Crippen LogP contribution in [0.15, 0.2) is 35.7 Å². The molecule has 0 aromatic carbocycles. The van der Waals surface area contributed by atoms with Gasteiger partial charge in [-0.05, 0) is 44.0 Å². The van der Waals surface area contributed by atoms with Crippen molar-refractivity contribution >= 4 is 0 Å². The Hall–Kier alpha value is -0.980. The molecule has 0 aromatic heterocycles. The highest BCUT2D eigenvalue weighted by atomic mass is 14.8. The van der Waals surface area contributed by atoms with Gasteiger partial charge in [-0.15, -0.1) is 0 Å². The van der Waals surface area contributed by atoms with Crippen molar-refractivity contribution in [3.63, 3.8) is 0 Å². The van der Waals surface area contributed by atoms with E-state index in [0.29, 0.717) is 0 Å². The molecule has 0 saturated carbocycles. The molecular weight excluding hydrogens is 170 g/mol. The van der Waals surface area contributed by atoms with Crippen LogP contribution in [0.25, 0.3) is 0 Å². The zero-order valence-electron chi connectivity index (χ0n) is 9.98. The summed E-state index contributed by atoms with van der Waals surface area (Å²) in [6.07, 6.45) is 7.27. The van der Waals surface area contributed by atoms with E-state index in [2.05, 4.69) is 45.7 Å². The number of hydrogen-bond donors (Lipinski definition) is 1. The Balaban J connectivity index is 4.90. The van der Waals surface area contributed by atoms with Crippen LogP contribution in [0.2, 0.25) is 0 Å². The van der Waals surface area contributed by atoms with Crippen molar-refractivity contribution in [3.05, 3.63) is 35.7 Å². The summed E-state index contributed by atoms with van der Waals surface area (Å²) < 4.78 is 0. The maximum absolute atomic E-state index is 3.71. The van der Waals surface area contributed by atoms with E-state index in [4.69, 9.17) is 0 Å². The molecule has 14 heavy (non-hydrogen) atoms. The van der Waals surface area contributed by atoms with Gasteiger partial charge in [0.2, 0.25) is 0 Å². The van der Waals surface area contributed by atoms with Crippen molar-refractivity contribution in [3.8, 4) is 0 Å². The molecule has 0 aromatic rings. The monoisotopic (exact) mass is 193 g/mol. The van der Waals surface area contributed by atoms with E-state index in [1.54, 1.807) is 6.20 Å². The lowest BCUT2D eigenvalue weighted by Gasteiger charge is -2.10. The number of allylic oxidation sites excluding steroid dienone is 3. The quantitative estimate of drug-likeness (QED) is 0.625. The normalized spacial score (nSPS) is 11.0. The Labute approximate surface area is 88.6 Å². The highest BCUT2D eigenvalue weighted by Crippen LogP contribution is 2.14. The van der Waals surface area contributed by atoms with E-state index in [-0.39, 0.29) is 0 Å². The molecule has 0 spiro atoms. The molecule has 0 radical (unpaired) electrons. The molecule has 0 atom stereocenters. The van der Waals surface area contributed by atoms with E-state index in [1.165, 1.54) is 16.8 Å². The van der Waals surface area contributed by atoms with Crippen LogP contribution in [-0.2, 0) is 0 Å². The number of rotatable bonds is 6. The van der Waals surface area contributed by atoms with Crippen LogP contribution >= 0.6 is 0 Å².